The summed E-state index contributed by atoms with van der Waals surface area (Å²) in [5.74, 6) is -1.03. The Morgan fingerprint density at radius 1 is 1.06 bits per heavy atom. The molecule has 0 aromatic heterocycles. The minimum absolute atomic E-state index is 0.331. The molecule has 0 heterocycles. The number of anilines is 1. The molecular formula is C23H19BrClN3O3. The molecule has 0 aliphatic rings. The van der Waals surface area contributed by atoms with E-state index in [9.17, 15) is 9.59 Å². The number of hydrogen-bond acceptors (Lipinski definition) is 4. The van der Waals surface area contributed by atoms with Crippen molar-refractivity contribution in [1.29, 1.82) is 0 Å². The smallest absolute Gasteiger partial charge is 0.329 e. The lowest BCUT2D eigenvalue weighted by Gasteiger charge is -2.10. The largest absolute Gasteiger partial charge is 0.488 e. The van der Waals surface area contributed by atoms with Crippen molar-refractivity contribution < 1.29 is 14.3 Å². The highest BCUT2D eigenvalue weighted by Gasteiger charge is 2.12. The minimum Gasteiger partial charge on any atom is -0.488 e. The van der Waals surface area contributed by atoms with Crippen LogP contribution in [0.4, 0.5) is 5.69 Å². The Kier molecular flexibility index (Phi) is 7.81. The lowest BCUT2D eigenvalue weighted by molar-refractivity contribution is -0.136. The van der Waals surface area contributed by atoms with Gasteiger partial charge in [-0.2, -0.15) is 5.10 Å². The lowest BCUT2D eigenvalue weighted by Crippen LogP contribution is -2.32. The Morgan fingerprint density at radius 2 is 1.81 bits per heavy atom. The Bertz CT molecular complexity index is 1120. The fourth-order valence-corrected chi connectivity index (χ4v) is 3.23. The van der Waals surface area contributed by atoms with Crippen LogP contribution < -0.4 is 15.5 Å². The van der Waals surface area contributed by atoms with Crippen LogP contribution in [0, 0.1) is 6.92 Å². The van der Waals surface area contributed by atoms with Crippen LogP contribution in [-0.4, -0.2) is 18.0 Å². The normalized spacial score (nSPS) is 10.7. The van der Waals surface area contributed by atoms with Gasteiger partial charge in [-0.15, -0.1) is 0 Å². The van der Waals surface area contributed by atoms with Gasteiger partial charge >= 0.3 is 11.8 Å². The van der Waals surface area contributed by atoms with E-state index in [0.717, 1.165) is 11.1 Å². The third kappa shape index (κ3) is 6.67. The van der Waals surface area contributed by atoms with Gasteiger partial charge in [0.2, 0.25) is 0 Å². The molecule has 0 radical (unpaired) electrons. The van der Waals surface area contributed by atoms with Gasteiger partial charge in [-0.25, -0.2) is 5.43 Å². The van der Waals surface area contributed by atoms with Gasteiger partial charge in [0, 0.05) is 16.3 Å². The van der Waals surface area contributed by atoms with Gasteiger partial charge in [0.15, 0.2) is 0 Å². The zero-order chi connectivity index (χ0) is 22.2. The fourth-order valence-electron chi connectivity index (χ4n) is 2.53. The Hall–Kier alpha value is -3.16. The highest BCUT2D eigenvalue weighted by Crippen LogP contribution is 2.27. The monoisotopic (exact) mass is 499 g/mol. The number of nitrogens with zero attached hydrogens (tertiary/aromatic N) is 1. The first kappa shape index (κ1) is 22.5. The molecule has 0 atom stereocenters. The third-order valence-corrected chi connectivity index (χ3v) is 5.18. The van der Waals surface area contributed by atoms with E-state index in [0.29, 0.717) is 33.1 Å². The average Bonchev–Trinajstić information content (AvgIpc) is 2.75. The number of hydrogen-bond donors (Lipinski definition) is 2. The zero-order valence-electron chi connectivity index (χ0n) is 16.6. The number of hydrazone groups is 1. The second-order valence-electron chi connectivity index (χ2n) is 6.59. The molecule has 3 rings (SSSR count). The maximum absolute atomic E-state index is 11.9. The van der Waals surface area contributed by atoms with Gasteiger partial charge in [-0.3, -0.25) is 9.59 Å². The molecule has 0 aliphatic carbocycles. The van der Waals surface area contributed by atoms with Crippen molar-refractivity contribution in [2.24, 2.45) is 5.10 Å². The maximum atomic E-state index is 11.9. The molecule has 31 heavy (non-hydrogen) atoms. The molecule has 0 saturated carbocycles. The van der Waals surface area contributed by atoms with Crippen LogP contribution in [0.2, 0.25) is 5.02 Å². The van der Waals surface area contributed by atoms with E-state index in [2.05, 4.69) is 31.8 Å². The van der Waals surface area contributed by atoms with Crippen molar-refractivity contribution in [1.82, 2.24) is 5.43 Å². The quantitative estimate of drug-likeness (QED) is 0.281. The molecule has 0 saturated heterocycles. The first-order chi connectivity index (χ1) is 14.9. The molecule has 0 spiro atoms. The second-order valence-corrected chi connectivity index (χ2v) is 7.85. The number of carbonyl (C=O) groups excluding carboxylic acids is 2. The molecule has 3 aromatic carbocycles. The zero-order valence-corrected chi connectivity index (χ0v) is 18.9. The van der Waals surface area contributed by atoms with Gasteiger partial charge in [-0.1, -0.05) is 47.5 Å². The van der Waals surface area contributed by atoms with E-state index in [-0.39, 0.29) is 0 Å². The van der Waals surface area contributed by atoms with Crippen molar-refractivity contribution in [3.63, 3.8) is 0 Å². The van der Waals surface area contributed by atoms with Crippen molar-refractivity contribution in [2.75, 3.05) is 5.32 Å². The van der Waals surface area contributed by atoms with Crippen molar-refractivity contribution in [2.45, 2.75) is 13.5 Å². The number of halogens is 2. The number of benzene rings is 3. The topological polar surface area (TPSA) is 79.8 Å². The van der Waals surface area contributed by atoms with Crippen LogP contribution in [0.25, 0.3) is 0 Å². The Balaban J connectivity index is 1.53. The SMILES string of the molecule is Cc1ccc(NC(=O)C(=O)N/N=C\c2ccc(OCc3ccccc3Cl)c(Br)c2)cc1. The van der Waals surface area contributed by atoms with Gasteiger partial charge < -0.3 is 10.1 Å². The van der Waals surface area contributed by atoms with Crippen molar-refractivity contribution >= 4 is 51.2 Å². The van der Waals surface area contributed by atoms with Crippen LogP contribution >= 0.6 is 27.5 Å². The molecule has 2 amide bonds. The molecule has 0 fully saturated rings. The van der Waals surface area contributed by atoms with Crippen LogP contribution in [0.3, 0.4) is 0 Å². The van der Waals surface area contributed by atoms with E-state index in [4.69, 9.17) is 16.3 Å². The van der Waals surface area contributed by atoms with E-state index in [1.807, 2.05) is 43.3 Å². The molecule has 0 bridgehead atoms. The summed E-state index contributed by atoms with van der Waals surface area (Å²) in [5.41, 5.74) is 5.38. The highest BCUT2D eigenvalue weighted by atomic mass is 79.9. The van der Waals surface area contributed by atoms with Crippen LogP contribution in [0.5, 0.6) is 5.75 Å². The first-order valence-corrected chi connectivity index (χ1v) is 10.5. The highest BCUT2D eigenvalue weighted by molar-refractivity contribution is 9.10. The number of aryl methyl sites for hydroxylation is 1. The van der Waals surface area contributed by atoms with Crippen LogP contribution in [-0.2, 0) is 16.2 Å². The summed E-state index contributed by atoms with van der Waals surface area (Å²) in [6, 6.07) is 19.9. The summed E-state index contributed by atoms with van der Waals surface area (Å²) >= 11 is 9.59. The number of ether oxygens (including phenoxy) is 1. The molecule has 158 valence electrons. The number of nitrogens with one attached hydrogen (secondary N) is 2. The summed E-state index contributed by atoms with van der Waals surface area (Å²) in [4.78, 5) is 23.8. The lowest BCUT2D eigenvalue weighted by atomic mass is 10.2. The summed E-state index contributed by atoms with van der Waals surface area (Å²) in [5, 5.41) is 6.98. The van der Waals surface area contributed by atoms with E-state index < -0.39 is 11.8 Å². The Labute approximate surface area is 193 Å². The maximum Gasteiger partial charge on any atom is 0.329 e. The van der Waals surface area contributed by atoms with Crippen molar-refractivity contribution in [3.8, 4) is 5.75 Å². The molecular weight excluding hydrogens is 482 g/mol. The predicted octanol–water partition coefficient (Wildman–Crippen LogP) is 5.08. The fraction of sp³-hybridized carbons (Fsp3) is 0.0870. The first-order valence-electron chi connectivity index (χ1n) is 9.29. The molecule has 0 aliphatic heterocycles. The molecule has 3 aromatic rings. The Morgan fingerprint density at radius 3 is 2.52 bits per heavy atom. The number of rotatable bonds is 6. The van der Waals surface area contributed by atoms with Gasteiger partial charge in [0.25, 0.3) is 0 Å². The summed E-state index contributed by atoms with van der Waals surface area (Å²) in [6.45, 7) is 2.26. The molecule has 2 N–H and O–H groups in total. The number of amides is 2. The van der Waals surface area contributed by atoms with Gasteiger partial charge in [0.05, 0.1) is 10.7 Å². The minimum atomic E-state index is -0.865. The van der Waals surface area contributed by atoms with Gasteiger partial charge in [-0.05, 0) is 64.8 Å². The molecule has 6 nitrogen and oxygen atoms in total. The van der Waals surface area contributed by atoms with E-state index >= 15 is 0 Å². The van der Waals surface area contributed by atoms with Crippen molar-refractivity contribution in [3.05, 3.63) is 92.9 Å². The van der Waals surface area contributed by atoms with E-state index in [1.54, 1.807) is 30.3 Å². The second kappa shape index (κ2) is 10.7. The van der Waals surface area contributed by atoms with Crippen LogP contribution in [0.15, 0.2) is 76.3 Å². The summed E-state index contributed by atoms with van der Waals surface area (Å²) < 4.78 is 6.51. The standard InChI is InChI=1S/C23H19BrClN3O3/c1-15-6-9-18(10-7-15)27-22(29)23(30)28-26-13-16-8-11-21(19(24)12-16)31-14-17-4-2-3-5-20(17)25/h2-13H,14H2,1H3,(H,27,29)(H,28,30)/b26-13-. The summed E-state index contributed by atoms with van der Waals surface area (Å²) in [6.07, 6.45) is 1.43. The van der Waals surface area contributed by atoms with E-state index in [1.165, 1.54) is 6.21 Å². The third-order valence-electron chi connectivity index (χ3n) is 4.19. The summed E-state index contributed by atoms with van der Waals surface area (Å²) in [7, 11) is 0. The average molecular weight is 501 g/mol. The molecule has 8 heteroatoms. The van der Waals surface area contributed by atoms with Crippen LogP contribution in [0.1, 0.15) is 16.7 Å². The van der Waals surface area contributed by atoms with Gasteiger partial charge in [0.1, 0.15) is 12.4 Å². The molecule has 0 unspecified atom stereocenters. The predicted molar refractivity (Wildman–Crippen MR) is 125 cm³/mol. The number of carbonyl (C=O) groups is 2.